The molecular formula is C15H15N3O2. The van der Waals surface area contributed by atoms with Gasteiger partial charge in [0.15, 0.2) is 0 Å². The molecule has 0 spiro atoms. The lowest BCUT2D eigenvalue weighted by Crippen LogP contribution is -2.34. The number of aromatic nitrogens is 2. The van der Waals surface area contributed by atoms with Crippen LogP contribution >= 0.6 is 0 Å². The van der Waals surface area contributed by atoms with E-state index in [2.05, 4.69) is 9.97 Å². The van der Waals surface area contributed by atoms with E-state index in [4.69, 9.17) is 4.74 Å². The third-order valence-electron chi connectivity index (χ3n) is 3.38. The van der Waals surface area contributed by atoms with E-state index < -0.39 is 0 Å². The van der Waals surface area contributed by atoms with Gasteiger partial charge in [0, 0.05) is 12.4 Å². The first-order valence-electron chi connectivity index (χ1n) is 6.53. The standard InChI is InChI=1S/C15H15N3O2/c1-11-18(15(19)13-9-16-7-8-17-13)10-14(20-11)12-5-3-2-4-6-12/h2-9,11,14H,10H2,1H3. The van der Waals surface area contributed by atoms with Gasteiger partial charge in [0.2, 0.25) is 0 Å². The van der Waals surface area contributed by atoms with Crippen LogP contribution in [0.2, 0.25) is 0 Å². The number of hydrogen-bond donors (Lipinski definition) is 0. The fourth-order valence-corrected chi connectivity index (χ4v) is 2.34. The van der Waals surface area contributed by atoms with Crippen molar-refractivity contribution < 1.29 is 9.53 Å². The van der Waals surface area contributed by atoms with Gasteiger partial charge < -0.3 is 9.64 Å². The predicted molar refractivity (Wildman–Crippen MR) is 72.8 cm³/mol. The first-order valence-corrected chi connectivity index (χ1v) is 6.53. The number of rotatable bonds is 2. The summed E-state index contributed by atoms with van der Waals surface area (Å²) in [6.07, 6.45) is 4.18. The van der Waals surface area contributed by atoms with Crippen molar-refractivity contribution in [2.24, 2.45) is 0 Å². The van der Waals surface area contributed by atoms with E-state index in [1.165, 1.54) is 12.4 Å². The number of carbonyl (C=O) groups excluding carboxylic acids is 1. The molecule has 0 bridgehead atoms. The highest BCUT2D eigenvalue weighted by atomic mass is 16.5. The van der Waals surface area contributed by atoms with Gasteiger partial charge in [0.05, 0.1) is 12.7 Å². The number of nitrogens with zero attached hydrogens (tertiary/aromatic N) is 3. The molecule has 2 unspecified atom stereocenters. The maximum atomic E-state index is 12.4. The summed E-state index contributed by atoms with van der Waals surface area (Å²) in [4.78, 5) is 22.0. The van der Waals surface area contributed by atoms with E-state index in [9.17, 15) is 4.79 Å². The Bertz CT molecular complexity index is 589. The molecule has 0 radical (unpaired) electrons. The van der Waals surface area contributed by atoms with Crippen molar-refractivity contribution >= 4 is 5.91 Å². The molecule has 2 aromatic rings. The summed E-state index contributed by atoms with van der Waals surface area (Å²) in [6.45, 7) is 2.40. The van der Waals surface area contributed by atoms with Gasteiger partial charge >= 0.3 is 0 Å². The summed E-state index contributed by atoms with van der Waals surface area (Å²) in [5, 5.41) is 0. The van der Waals surface area contributed by atoms with Crippen LogP contribution in [0.5, 0.6) is 0 Å². The Balaban J connectivity index is 1.78. The monoisotopic (exact) mass is 269 g/mol. The maximum Gasteiger partial charge on any atom is 0.276 e. The van der Waals surface area contributed by atoms with Gasteiger partial charge in [-0.05, 0) is 12.5 Å². The van der Waals surface area contributed by atoms with Crippen molar-refractivity contribution in [1.82, 2.24) is 14.9 Å². The zero-order valence-corrected chi connectivity index (χ0v) is 11.1. The van der Waals surface area contributed by atoms with Gasteiger partial charge in [-0.25, -0.2) is 4.98 Å². The molecule has 102 valence electrons. The average Bonchev–Trinajstić information content (AvgIpc) is 2.90. The van der Waals surface area contributed by atoms with Gasteiger partial charge in [-0.1, -0.05) is 30.3 Å². The molecule has 0 saturated carbocycles. The molecule has 3 rings (SSSR count). The van der Waals surface area contributed by atoms with Gasteiger partial charge in [-0.15, -0.1) is 0 Å². The van der Waals surface area contributed by atoms with E-state index in [0.29, 0.717) is 12.2 Å². The van der Waals surface area contributed by atoms with Crippen molar-refractivity contribution in [2.75, 3.05) is 6.54 Å². The van der Waals surface area contributed by atoms with Crippen molar-refractivity contribution in [3.8, 4) is 0 Å². The van der Waals surface area contributed by atoms with Gasteiger partial charge in [0.1, 0.15) is 18.0 Å². The smallest absolute Gasteiger partial charge is 0.276 e. The van der Waals surface area contributed by atoms with Crippen molar-refractivity contribution in [2.45, 2.75) is 19.3 Å². The first kappa shape index (κ1) is 12.7. The Hall–Kier alpha value is -2.27. The van der Waals surface area contributed by atoms with Crippen LogP contribution in [0.1, 0.15) is 29.1 Å². The normalized spacial score (nSPS) is 21.9. The minimum absolute atomic E-state index is 0.0909. The Kier molecular flexibility index (Phi) is 3.43. The lowest BCUT2D eigenvalue weighted by Gasteiger charge is -2.18. The second-order valence-electron chi connectivity index (χ2n) is 4.68. The second-order valence-corrected chi connectivity index (χ2v) is 4.68. The molecular weight excluding hydrogens is 254 g/mol. The molecule has 1 amide bonds. The quantitative estimate of drug-likeness (QED) is 0.837. The van der Waals surface area contributed by atoms with Crippen molar-refractivity contribution in [3.63, 3.8) is 0 Å². The minimum Gasteiger partial charge on any atom is -0.349 e. The number of carbonyl (C=O) groups is 1. The third kappa shape index (κ3) is 2.40. The molecule has 0 aliphatic carbocycles. The Morgan fingerprint density at radius 2 is 2.10 bits per heavy atom. The van der Waals surface area contributed by atoms with Crippen LogP contribution < -0.4 is 0 Å². The molecule has 0 N–H and O–H groups in total. The first-order chi connectivity index (χ1) is 9.75. The lowest BCUT2D eigenvalue weighted by atomic mass is 10.1. The summed E-state index contributed by atoms with van der Waals surface area (Å²) >= 11 is 0. The molecule has 5 nitrogen and oxygen atoms in total. The molecule has 1 aromatic carbocycles. The van der Waals surface area contributed by atoms with Crippen LogP contribution in [-0.2, 0) is 4.74 Å². The van der Waals surface area contributed by atoms with Gasteiger partial charge in [-0.3, -0.25) is 9.78 Å². The SMILES string of the molecule is CC1OC(c2ccccc2)CN1C(=O)c1cnccn1. The zero-order valence-electron chi connectivity index (χ0n) is 11.1. The average molecular weight is 269 g/mol. The van der Waals surface area contributed by atoms with Crippen LogP contribution in [0.15, 0.2) is 48.9 Å². The van der Waals surface area contributed by atoms with E-state index in [1.807, 2.05) is 37.3 Å². The maximum absolute atomic E-state index is 12.4. The van der Waals surface area contributed by atoms with Crippen LogP contribution in [-0.4, -0.2) is 33.5 Å². The number of benzene rings is 1. The van der Waals surface area contributed by atoms with Crippen LogP contribution in [0, 0.1) is 0 Å². The predicted octanol–water partition coefficient (Wildman–Crippen LogP) is 2.04. The zero-order chi connectivity index (χ0) is 13.9. The summed E-state index contributed by atoms with van der Waals surface area (Å²) in [7, 11) is 0. The summed E-state index contributed by atoms with van der Waals surface area (Å²) in [5.74, 6) is -0.149. The molecule has 1 aliphatic heterocycles. The molecule has 2 atom stereocenters. The van der Waals surface area contributed by atoms with E-state index in [-0.39, 0.29) is 18.2 Å². The Labute approximate surface area is 117 Å². The summed E-state index contributed by atoms with van der Waals surface area (Å²) in [5.41, 5.74) is 1.42. The fourth-order valence-electron chi connectivity index (χ4n) is 2.34. The molecule has 2 heterocycles. The summed E-state index contributed by atoms with van der Waals surface area (Å²) in [6, 6.07) is 9.92. The Morgan fingerprint density at radius 3 is 2.80 bits per heavy atom. The molecule has 1 fully saturated rings. The molecule has 1 aliphatic rings. The largest absolute Gasteiger partial charge is 0.349 e. The van der Waals surface area contributed by atoms with Crippen LogP contribution in [0.25, 0.3) is 0 Å². The van der Waals surface area contributed by atoms with E-state index in [1.54, 1.807) is 11.1 Å². The van der Waals surface area contributed by atoms with Crippen molar-refractivity contribution in [1.29, 1.82) is 0 Å². The molecule has 20 heavy (non-hydrogen) atoms. The lowest BCUT2D eigenvalue weighted by molar-refractivity contribution is 0.0135. The fraction of sp³-hybridized carbons (Fsp3) is 0.267. The highest BCUT2D eigenvalue weighted by Gasteiger charge is 2.34. The van der Waals surface area contributed by atoms with E-state index >= 15 is 0 Å². The summed E-state index contributed by atoms with van der Waals surface area (Å²) < 4.78 is 5.86. The number of amides is 1. The van der Waals surface area contributed by atoms with Crippen LogP contribution in [0.4, 0.5) is 0 Å². The number of ether oxygens (including phenoxy) is 1. The van der Waals surface area contributed by atoms with Gasteiger partial charge in [0.25, 0.3) is 5.91 Å². The van der Waals surface area contributed by atoms with Crippen molar-refractivity contribution in [3.05, 3.63) is 60.2 Å². The molecule has 1 aromatic heterocycles. The second kappa shape index (κ2) is 5.38. The third-order valence-corrected chi connectivity index (χ3v) is 3.38. The highest BCUT2D eigenvalue weighted by molar-refractivity contribution is 5.92. The number of hydrogen-bond acceptors (Lipinski definition) is 4. The Morgan fingerprint density at radius 1 is 1.30 bits per heavy atom. The molecule has 5 heteroatoms. The highest BCUT2D eigenvalue weighted by Crippen LogP contribution is 2.29. The topological polar surface area (TPSA) is 55.3 Å². The van der Waals surface area contributed by atoms with Gasteiger partial charge in [-0.2, -0.15) is 0 Å². The van der Waals surface area contributed by atoms with E-state index in [0.717, 1.165) is 5.56 Å². The van der Waals surface area contributed by atoms with Crippen LogP contribution in [0.3, 0.4) is 0 Å². The minimum atomic E-state index is -0.269. The molecule has 1 saturated heterocycles.